The van der Waals surface area contributed by atoms with Crippen LogP contribution in [0, 0.1) is 5.92 Å². The summed E-state index contributed by atoms with van der Waals surface area (Å²) in [5.41, 5.74) is 8.39. The molecule has 2 aromatic rings. The van der Waals surface area contributed by atoms with Gasteiger partial charge in [-0.2, -0.15) is 0 Å². The molecule has 0 saturated heterocycles. The van der Waals surface area contributed by atoms with Crippen molar-refractivity contribution < 1.29 is 9.53 Å². The SMILES string of the molecule is COC(=O)C1CCn2cc(-c3ccc(N)cc3)nc2C1. The van der Waals surface area contributed by atoms with Crippen molar-refractivity contribution in [3.63, 3.8) is 0 Å². The molecule has 104 valence electrons. The maximum Gasteiger partial charge on any atom is 0.309 e. The number of imidazole rings is 1. The Labute approximate surface area is 117 Å². The van der Waals surface area contributed by atoms with Crippen molar-refractivity contribution in [3.8, 4) is 11.3 Å². The lowest BCUT2D eigenvalue weighted by molar-refractivity contribution is -0.146. The zero-order valence-electron chi connectivity index (χ0n) is 11.4. The van der Waals surface area contributed by atoms with Crippen LogP contribution in [0.4, 0.5) is 5.69 Å². The number of hydrogen-bond donors (Lipinski definition) is 1. The molecule has 1 aromatic carbocycles. The van der Waals surface area contributed by atoms with Crippen LogP contribution in [-0.4, -0.2) is 22.6 Å². The van der Waals surface area contributed by atoms with E-state index in [4.69, 9.17) is 10.5 Å². The summed E-state index contributed by atoms with van der Waals surface area (Å²) in [6.07, 6.45) is 3.48. The Morgan fingerprint density at radius 1 is 1.40 bits per heavy atom. The fourth-order valence-corrected chi connectivity index (χ4v) is 2.59. The third kappa shape index (κ3) is 2.27. The monoisotopic (exact) mass is 271 g/mol. The summed E-state index contributed by atoms with van der Waals surface area (Å²) in [5.74, 6) is 0.723. The molecule has 0 spiro atoms. The van der Waals surface area contributed by atoms with E-state index in [1.54, 1.807) is 0 Å². The quantitative estimate of drug-likeness (QED) is 0.668. The van der Waals surface area contributed by atoms with Crippen molar-refractivity contribution in [2.24, 2.45) is 5.92 Å². The highest BCUT2D eigenvalue weighted by molar-refractivity contribution is 5.72. The molecule has 1 aliphatic heterocycles. The molecule has 0 radical (unpaired) electrons. The number of aromatic nitrogens is 2. The van der Waals surface area contributed by atoms with E-state index >= 15 is 0 Å². The van der Waals surface area contributed by atoms with Crippen LogP contribution in [0.15, 0.2) is 30.5 Å². The molecule has 0 saturated carbocycles. The van der Waals surface area contributed by atoms with E-state index in [1.165, 1.54) is 7.11 Å². The molecular formula is C15H17N3O2. The Morgan fingerprint density at radius 3 is 2.85 bits per heavy atom. The van der Waals surface area contributed by atoms with Crippen molar-refractivity contribution in [1.82, 2.24) is 9.55 Å². The largest absolute Gasteiger partial charge is 0.469 e. The van der Waals surface area contributed by atoms with Crippen LogP contribution in [0.5, 0.6) is 0 Å². The number of carbonyl (C=O) groups is 1. The molecule has 5 heteroatoms. The molecule has 5 nitrogen and oxygen atoms in total. The lowest BCUT2D eigenvalue weighted by Crippen LogP contribution is -2.26. The number of rotatable bonds is 2. The zero-order valence-corrected chi connectivity index (χ0v) is 11.4. The fraction of sp³-hybridized carbons (Fsp3) is 0.333. The number of methoxy groups -OCH3 is 1. The van der Waals surface area contributed by atoms with E-state index in [0.29, 0.717) is 6.42 Å². The van der Waals surface area contributed by atoms with Gasteiger partial charge < -0.3 is 15.0 Å². The smallest absolute Gasteiger partial charge is 0.309 e. The van der Waals surface area contributed by atoms with Crippen LogP contribution in [0.3, 0.4) is 0 Å². The van der Waals surface area contributed by atoms with E-state index in [-0.39, 0.29) is 11.9 Å². The Balaban J connectivity index is 1.86. The first-order valence-electron chi connectivity index (χ1n) is 6.67. The maximum absolute atomic E-state index is 11.6. The summed E-state index contributed by atoms with van der Waals surface area (Å²) in [7, 11) is 1.43. The third-order valence-corrected chi connectivity index (χ3v) is 3.75. The average Bonchev–Trinajstić information content (AvgIpc) is 2.90. The van der Waals surface area contributed by atoms with Gasteiger partial charge in [0.15, 0.2) is 0 Å². The van der Waals surface area contributed by atoms with Crippen LogP contribution < -0.4 is 5.73 Å². The van der Waals surface area contributed by atoms with E-state index < -0.39 is 0 Å². The number of fused-ring (bicyclic) bond motifs is 1. The number of nitrogen functional groups attached to an aromatic ring is 1. The standard InChI is InChI=1S/C15H17N3O2/c1-20-15(19)11-6-7-18-9-13(17-14(18)8-11)10-2-4-12(16)5-3-10/h2-5,9,11H,6-8,16H2,1H3. The number of benzene rings is 1. The number of carbonyl (C=O) groups excluding carboxylic acids is 1. The van der Waals surface area contributed by atoms with Crippen molar-refractivity contribution in [1.29, 1.82) is 0 Å². The van der Waals surface area contributed by atoms with Gasteiger partial charge in [0.2, 0.25) is 0 Å². The molecule has 2 N–H and O–H groups in total. The summed E-state index contributed by atoms with van der Waals surface area (Å²) >= 11 is 0. The summed E-state index contributed by atoms with van der Waals surface area (Å²) in [5, 5.41) is 0. The predicted molar refractivity (Wildman–Crippen MR) is 75.9 cm³/mol. The molecule has 20 heavy (non-hydrogen) atoms. The van der Waals surface area contributed by atoms with Crippen LogP contribution in [0.2, 0.25) is 0 Å². The molecule has 2 heterocycles. The van der Waals surface area contributed by atoms with Crippen molar-refractivity contribution in [2.75, 3.05) is 12.8 Å². The number of anilines is 1. The lowest BCUT2D eigenvalue weighted by atomic mass is 9.98. The number of aryl methyl sites for hydroxylation is 1. The zero-order chi connectivity index (χ0) is 14.1. The Hall–Kier alpha value is -2.30. The summed E-state index contributed by atoms with van der Waals surface area (Å²) in [6, 6.07) is 7.65. The second-order valence-corrected chi connectivity index (χ2v) is 5.07. The first-order valence-corrected chi connectivity index (χ1v) is 6.67. The summed E-state index contributed by atoms with van der Waals surface area (Å²) in [6.45, 7) is 0.803. The molecule has 1 aromatic heterocycles. The van der Waals surface area contributed by atoms with Crippen LogP contribution >= 0.6 is 0 Å². The first kappa shape index (κ1) is 12.7. The lowest BCUT2D eigenvalue weighted by Gasteiger charge is -2.20. The van der Waals surface area contributed by atoms with Crippen molar-refractivity contribution in [3.05, 3.63) is 36.3 Å². The molecule has 0 fully saturated rings. The molecule has 0 aliphatic carbocycles. The fourth-order valence-electron chi connectivity index (χ4n) is 2.59. The van der Waals surface area contributed by atoms with Gasteiger partial charge in [0, 0.05) is 30.4 Å². The van der Waals surface area contributed by atoms with E-state index in [0.717, 1.165) is 35.7 Å². The Kier molecular flexibility index (Phi) is 3.18. The van der Waals surface area contributed by atoms with Gasteiger partial charge >= 0.3 is 5.97 Å². The topological polar surface area (TPSA) is 70.1 Å². The van der Waals surface area contributed by atoms with E-state index in [1.807, 2.05) is 30.5 Å². The molecule has 3 rings (SSSR count). The second kappa shape index (κ2) is 5.00. The highest BCUT2D eigenvalue weighted by atomic mass is 16.5. The normalized spacial score (nSPS) is 17.6. The van der Waals surface area contributed by atoms with Gasteiger partial charge in [0.1, 0.15) is 5.82 Å². The number of hydrogen-bond acceptors (Lipinski definition) is 4. The van der Waals surface area contributed by atoms with Gasteiger partial charge in [-0.05, 0) is 18.6 Å². The number of esters is 1. The van der Waals surface area contributed by atoms with Gasteiger partial charge in [-0.3, -0.25) is 4.79 Å². The predicted octanol–water partition coefficient (Wildman–Crippen LogP) is 1.87. The summed E-state index contributed by atoms with van der Waals surface area (Å²) < 4.78 is 6.94. The van der Waals surface area contributed by atoms with Gasteiger partial charge in [-0.1, -0.05) is 12.1 Å². The maximum atomic E-state index is 11.6. The van der Waals surface area contributed by atoms with E-state index in [9.17, 15) is 4.79 Å². The molecule has 1 atom stereocenters. The number of nitrogens with two attached hydrogens (primary N) is 1. The molecule has 0 amide bonds. The van der Waals surface area contributed by atoms with Gasteiger partial charge in [-0.25, -0.2) is 4.98 Å². The third-order valence-electron chi connectivity index (χ3n) is 3.75. The van der Waals surface area contributed by atoms with Crippen LogP contribution in [-0.2, 0) is 22.5 Å². The minimum Gasteiger partial charge on any atom is -0.469 e. The minimum atomic E-state index is -0.145. The first-order chi connectivity index (χ1) is 9.67. The van der Waals surface area contributed by atoms with Gasteiger partial charge in [-0.15, -0.1) is 0 Å². The van der Waals surface area contributed by atoms with Gasteiger partial charge in [0.05, 0.1) is 18.7 Å². The van der Waals surface area contributed by atoms with E-state index in [2.05, 4.69) is 9.55 Å². The Bertz CT molecular complexity index is 631. The van der Waals surface area contributed by atoms with Crippen molar-refractivity contribution >= 4 is 11.7 Å². The summed E-state index contributed by atoms with van der Waals surface area (Å²) in [4.78, 5) is 16.2. The highest BCUT2D eigenvalue weighted by Gasteiger charge is 2.26. The minimum absolute atomic E-state index is 0.0748. The molecular weight excluding hydrogens is 254 g/mol. The molecule has 1 aliphatic rings. The van der Waals surface area contributed by atoms with Crippen LogP contribution in [0.1, 0.15) is 12.2 Å². The average molecular weight is 271 g/mol. The van der Waals surface area contributed by atoms with Crippen molar-refractivity contribution in [2.45, 2.75) is 19.4 Å². The highest BCUT2D eigenvalue weighted by Crippen LogP contribution is 2.26. The molecule has 1 unspecified atom stereocenters. The molecule has 0 bridgehead atoms. The van der Waals surface area contributed by atoms with Gasteiger partial charge in [0.25, 0.3) is 0 Å². The Morgan fingerprint density at radius 2 is 2.15 bits per heavy atom. The second-order valence-electron chi connectivity index (χ2n) is 5.07. The number of ether oxygens (including phenoxy) is 1. The number of nitrogens with zero attached hydrogens (tertiary/aromatic N) is 2. The van der Waals surface area contributed by atoms with Crippen LogP contribution in [0.25, 0.3) is 11.3 Å².